The average molecular weight is 262 g/mol. The quantitative estimate of drug-likeness (QED) is 0.516. The molecule has 0 saturated heterocycles. The number of hydrogen-bond acceptors (Lipinski definition) is 3. The molecule has 0 aliphatic carbocycles. The van der Waals surface area contributed by atoms with Crippen LogP contribution in [0, 0.1) is 0 Å². The van der Waals surface area contributed by atoms with Gasteiger partial charge in [-0.3, -0.25) is 4.79 Å². The molecule has 0 fully saturated rings. The van der Waals surface area contributed by atoms with Crippen LogP contribution in [0.5, 0.6) is 0 Å². The van der Waals surface area contributed by atoms with Gasteiger partial charge in [0.25, 0.3) is 0 Å². The molecular weight excluding hydrogens is 252 g/mol. The molecular formula is C17H10O3. The zero-order valence-electron chi connectivity index (χ0n) is 10.5. The Morgan fingerprint density at radius 1 is 0.850 bits per heavy atom. The van der Waals surface area contributed by atoms with Crippen molar-refractivity contribution in [3.63, 3.8) is 0 Å². The summed E-state index contributed by atoms with van der Waals surface area (Å²) in [5.41, 5.74) is 1.91. The first-order chi connectivity index (χ1) is 9.83. The molecule has 0 atom stereocenters. The van der Waals surface area contributed by atoms with Crippen LogP contribution >= 0.6 is 0 Å². The highest BCUT2D eigenvalue weighted by Crippen LogP contribution is 2.28. The largest absolute Gasteiger partial charge is 0.460 e. The lowest BCUT2D eigenvalue weighted by molar-refractivity contribution is 0.583. The molecule has 3 nitrogen and oxygen atoms in total. The van der Waals surface area contributed by atoms with Gasteiger partial charge in [0.15, 0.2) is 16.6 Å². The molecule has 0 N–H and O–H groups in total. The van der Waals surface area contributed by atoms with Crippen LogP contribution in [0.25, 0.3) is 33.3 Å². The molecule has 2 aromatic carbocycles. The molecule has 2 aromatic heterocycles. The highest BCUT2D eigenvalue weighted by molar-refractivity contribution is 6.00. The van der Waals surface area contributed by atoms with E-state index in [-0.39, 0.29) is 5.43 Å². The van der Waals surface area contributed by atoms with Crippen LogP contribution in [0.15, 0.2) is 74.5 Å². The van der Waals surface area contributed by atoms with Crippen LogP contribution in [-0.2, 0) is 0 Å². The van der Waals surface area contributed by atoms with E-state index in [9.17, 15) is 4.79 Å². The zero-order chi connectivity index (χ0) is 13.5. The monoisotopic (exact) mass is 262 g/mol. The molecule has 4 aromatic rings. The number of rotatable bonds is 1. The van der Waals surface area contributed by atoms with E-state index >= 15 is 0 Å². The second-order valence-corrected chi connectivity index (χ2v) is 4.62. The average Bonchev–Trinajstić information content (AvgIpc) is 2.97. The fourth-order valence-electron chi connectivity index (χ4n) is 2.38. The SMILES string of the molecule is O=c1cc(-c2ccccc2)oc2c1ccc1ccoc12. The summed E-state index contributed by atoms with van der Waals surface area (Å²) in [4.78, 5) is 12.2. The van der Waals surface area contributed by atoms with Crippen molar-refractivity contribution in [2.24, 2.45) is 0 Å². The zero-order valence-corrected chi connectivity index (χ0v) is 10.5. The van der Waals surface area contributed by atoms with Gasteiger partial charge in [0.2, 0.25) is 0 Å². The first-order valence-corrected chi connectivity index (χ1v) is 6.32. The molecule has 0 bridgehead atoms. The fraction of sp³-hybridized carbons (Fsp3) is 0. The predicted octanol–water partition coefficient (Wildman–Crippen LogP) is 4.21. The Morgan fingerprint density at radius 2 is 1.70 bits per heavy atom. The minimum absolute atomic E-state index is 0.0663. The van der Waals surface area contributed by atoms with Crippen LogP contribution in [0.4, 0.5) is 0 Å². The lowest BCUT2D eigenvalue weighted by Gasteiger charge is -2.03. The molecule has 0 spiro atoms. The first kappa shape index (κ1) is 11.1. The van der Waals surface area contributed by atoms with E-state index in [0.29, 0.717) is 22.3 Å². The van der Waals surface area contributed by atoms with Crippen molar-refractivity contribution in [2.75, 3.05) is 0 Å². The second-order valence-electron chi connectivity index (χ2n) is 4.62. The summed E-state index contributed by atoms with van der Waals surface area (Å²) in [5.74, 6) is 0.548. The summed E-state index contributed by atoms with van der Waals surface area (Å²) in [6.07, 6.45) is 1.60. The third kappa shape index (κ3) is 1.57. The van der Waals surface area contributed by atoms with E-state index in [2.05, 4.69) is 0 Å². The van der Waals surface area contributed by atoms with Crippen molar-refractivity contribution < 1.29 is 8.83 Å². The van der Waals surface area contributed by atoms with Crippen molar-refractivity contribution in [3.05, 3.63) is 71.1 Å². The normalized spacial score (nSPS) is 11.2. The predicted molar refractivity (Wildman–Crippen MR) is 77.7 cm³/mol. The maximum Gasteiger partial charge on any atom is 0.193 e. The van der Waals surface area contributed by atoms with E-state index in [1.165, 1.54) is 6.07 Å². The Labute approximate surface area is 114 Å². The van der Waals surface area contributed by atoms with Gasteiger partial charge in [-0.2, -0.15) is 0 Å². The molecule has 0 aliphatic rings. The van der Waals surface area contributed by atoms with E-state index in [0.717, 1.165) is 10.9 Å². The molecule has 4 rings (SSSR count). The molecule has 0 amide bonds. The Bertz CT molecular complexity index is 962. The number of benzene rings is 2. The maximum absolute atomic E-state index is 12.2. The van der Waals surface area contributed by atoms with Gasteiger partial charge in [0.1, 0.15) is 5.76 Å². The number of furan rings is 1. The molecule has 3 heteroatoms. The minimum atomic E-state index is -0.0663. The Kier molecular flexibility index (Phi) is 2.27. The van der Waals surface area contributed by atoms with Gasteiger partial charge in [0.05, 0.1) is 11.6 Å². The van der Waals surface area contributed by atoms with E-state index in [1.807, 2.05) is 42.5 Å². The third-order valence-corrected chi connectivity index (χ3v) is 3.37. The standard InChI is InChI=1S/C17H10O3/c18-14-10-15(11-4-2-1-3-5-11)20-17-13(14)7-6-12-8-9-19-16(12)17/h1-10H. The summed E-state index contributed by atoms with van der Waals surface area (Å²) >= 11 is 0. The molecule has 20 heavy (non-hydrogen) atoms. The maximum atomic E-state index is 12.2. The number of fused-ring (bicyclic) bond motifs is 3. The molecule has 2 heterocycles. The van der Waals surface area contributed by atoms with E-state index < -0.39 is 0 Å². The summed E-state index contributed by atoms with van der Waals surface area (Å²) in [6.45, 7) is 0. The second kappa shape index (κ2) is 4.10. The topological polar surface area (TPSA) is 43.4 Å². The van der Waals surface area contributed by atoms with Crippen molar-refractivity contribution in [2.45, 2.75) is 0 Å². The lowest BCUT2D eigenvalue weighted by Crippen LogP contribution is -2.00. The molecule has 0 radical (unpaired) electrons. The van der Waals surface area contributed by atoms with Crippen molar-refractivity contribution in [3.8, 4) is 11.3 Å². The van der Waals surface area contributed by atoms with E-state index in [1.54, 1.807) is 12.3 Å². The Morgan fingerprint density at radius 3 is 2.55 bits per heavy atom. The summed E-state index contributed by atoms with van der Waals surface area (Å²) in [6, 6.07) is 16.6. The van der Waals surface area contributed by atoms with Gasteiger partial charge in [0, 0.05) is 17.0 Å². The van der Waals surface area contributed by atoms with Crippen LogP contribution in [0.1, 0.15) is 0 Å². The summed E-state index contributed by atoms with van der Waals surface area (Å²) in [7, 11) is 0. The van der Waals surface area contributed by atoms with Gasteiger partial charge in [-0.25, -0.2) is 0 Å². The van der Waals surface area contributed by atoms with Crippen LogP contribution in [-0.4, -0.2) is 0 Å². The Balaban J connectivity index is 2.13. The summed E-state index contributed by atoms with van der Waals surface area (Å²) in [5, 5.41) is 1.46. The Hall–Kier alpha value is -2.81. The smallest absolute Gasteiger partial charge is 0.193 e. The molecule has 96 valence electrons. The van der Waals surface area contributed by atoms with Crippen LogP contribution < -0.4 is 5.43 Å². The minimum Gasteiger partial charge on any atom is -0.460 e. The van der Waals surface area contributed by atoms with Crippen molar-refractivity contribution >= 4 is 21.9 Å². The molecule has 0 aliphatic heterocycles. The van der Waals surface area contributed by atoms with Crippen LogP contribution in [0.3, 0.4) is 0 Å². The third-order valence-electron chi connectivity index (χ3n) is 3.37. The lowest BCUT2D eigenvalue weighted by atomic mass is 10.1. The van der Waals surface area contributed by atoms with E-state index in [4.69, 9.17) is 8.83 Å². The molecule has 0 saturated carbocycles. The van der Waals surface area contributed by atoms with Gasteiger partial charge >= 0.3 is 0 Å². The van der Waals surface area contributed by atoms with Gasteiger partial charge in [-0.05, 0) is 12.1 Å². The van der Waals surface area contributed by atoms with Crippen molar-refractivity contribution in [1.82, 2.24) is 0 Å². The highest BCUT2D eigenvalue weighted by Gasteiger charge is 2.11. The fourth-order valence-corrected chi connectivity index (χ4v) is 2.38. The molecule has 0 unspecified atom stereocenters. The number of hydrogen-bond donors (Lipinski definition) is 0. The first-order valence-electron chi connectivity index (χ1n) is 6.32. The van der Waals surface area contributed by atoms with Gasteiger partial charge in [-0.1, -0.05) is 36.4 Å². The van der Waals surface area contributed by atoms with Crippen molar-refractivity contribution in [1.29, 1.82) is 0 Å². The summed E-state index contributed by atoms with van der Waals surface area (Å²) < 4.78 is 11.4. The van der Waals surface area contributed by atoms with Gasteiger partial charge < -0.3 is 8.83 Å². The van der Waals surface area contributed by atoms with Gasteiger partial charge in [-0.15, -0.1) is 0 Å². The highest BCUT2D eigenvalue weighted by atomic mass is 16.4. The van der Waals surface area contributed by atoms with Crippen LogP contribution in [0.2, 0.25) is 0 Å².